The predicted octanol–water partition coefficient (Wildman–Crippen LogP) is 6.05. The monoisotopic (exact) mass is 505 g/mol. The number of nitrogens with one attached hydrogen (secondary N) is 1. The van der Waals surface area contributed by atoms with Crippen molar-refractivity contribution < 1.29 is 19.1 Å². The van der Waals surface area contributed by atoms with Crippen molar-refractivity contribution in [3.8, 4) is 11.5 Å². The highest BCUT2D eigenvalue weighted by Gasteiger charge is 2.02. The van der Waals surface area contributed by atoms with Gasteiger partial charge in [-0.15, -0.1) is 23.2 Å². The third kappa shape index (κ3) is 15.7. The number of ether oxygens (including phenoxy) is 2. The Balaban J connectivity index is 0.000000618. The first-order chi connectivity index (χ1) is 16.5. The standard InChI is InChI=1S/C16H17NO2.C9H10O2.2CH3Cl/c1-13-7-9-14(10-8-13)11-17-16(18)12-19-15-5-3-2-4-6-15;1-8(10)7-11-9-5-3-2-4-6-9;2*1-2/h2-10H,11-12H2,1H3,(H,17,18);2-6H,7H2,1H3;2*1H3. The molecule has 0 saturated carbocycles. The number of hydrogen-bond acceptors (Lipinski definition) is 4. The van der Waals surface area contributed by atoms with Gasteiger partial charge in [-0.3, -0.25) is 9.59 Å². The Morgan fingerprint density at radius 2 is 1.15 bits per heavy atom. The molecule has 34 heavy (non-hydrogen) atoms. The number of carbonyl (C=O) groups is 2. The second kappa shape index (κ2) is 20.6. The fourth-order valence-corrected chi connectivity index (χ4v) is 2.32. The van der Waals surface area contributed by atoms with E-state index in [9.17, 15) is 9.59 Å². The summed E-state index contributed by atoms with van der Waals surface area (Å²) in [5, 5.41) is 2.82. The van der Waals surface area contributed by atoms with Gasteiger partial charge in [0.15, 0.2) is 12.4 Å². The van der Waals surface area contributed by atoms with E-state index in [1.165, 1.54) is 25.3 Å². The summed E-state index contributed by atoms with van der Waals surface area (Å²) in [5.74, 6) is 1.36. The Hall–Kier alpha value is -3.02. The molecule has 0 bridgehead atoms. The van der Waals surface area contributed by atoms with E-state index < -0.39 is 0 Å². The summed E-state index contributed by atoms with van der Waals surface area (Å²) in [6.07, 6.45) is 2.94. The third-order valence-corrected chi connectivity index (χ3v) is 3.91. The normalized spacial score (nSPS) is 8.88. The van der Waals surface area contributed by atoms with Crippen LogP contribution in [0, 0.1) is 6.92 Å². The van der Waals surface area contributed by atoms with Gasteiger partial charge in [0.2, 0.25) is 0 Å². The number of para-hydroxylation sites is 2. The second-order valence-electron chi connectivity index (χ2n) is 6.67. The van der Waals surface area contributed by atoms with Crippen LogP contribution in [0.25, 0.3) is 0 Å². The number of rotatable bonds is 8. The number of Topliss-reactive ketones (excluding diaryl/α,β-unsaturated/α-hetero) is 1. The summed E-state index contributed by atoms with van der Waals surface area (Å²) < 4.78 is 10.5. The Kier molecular flexibility index (Phi) is 18.7. The molecule has 7 heteroatoms. The summed E-state index contributed by atoms with van der Waals surface area (Å²) in [5.41, 5.74) is 2.29. The predicted molar refractivity (Wildman–Crippen MR) is 141 cm³/mol. The van der Waals surface area contributed by atoms with Gasteiger partial charge in [0.25, 0.3) is 5.91 Å². The molecular formula is C27H33Cl2NO4. The SMILES string of the molecule is CC(=O)COc1ccccc1.CCl.CCl.Cc1ccc(CNC(=O)COc2ccccc2)cc1. The minimum absolute atomic E-state index is 0.0360. The van der Waals surface area contributed by atoms with Crippen molar-refractivity contribution in [2.24, 2.45) is 0 Å². The number of carbonyl (C=O) groups excluding carboxylic acids is 2. The molecule has 0 spiro atoms. The van der Waals surface area contributed by atoms with Crippen LogP contribution in [-0.4, -0.2) is 37.7 Å². The molecular weight excluding hydrogens is 473 g/mol. The molecule has 0 heterocycles. The molecule has 184 valence electrons. The van der Waals surface area contributed by atoms with E-state index in [-0.39, 0.29) is 24.9 Å². The van der Waals surface area contributed by atoms with Gasteiger partial charge in [0, 0.05) is 19.3 Å². The molecule has 0 atom stereocenters. The lowest BCUT2D eigenvalue weighted by atomic mass is 10.1. The maximum absolute atomic E-state index is 11.6. The first kappa shape index (κ1) is 31.0. The van der Waals surface area contributed by atoms with E-state index >= 15 is 0 Å². The highest BCUT2D eigenvalue weighted by Crippen LogP contribution is 2.08. The number of amides is 1. The highest BCUT2D eigenvalue weighted by atomic mass is 35.5. The molecule has 0 unspecified atom stereocenters. The average Bonchev–Trinajstić information content (AvgIpc) is 2.90. The van der Waals surface area contributed by atoms with Gasteiger partial charge < -0.3 is 14.8 Å². The van der Waals surface area contributed by atoms with Crippen molar-refractivity contribution >= 4 is 34.9 Å². The molecule has 0 fully saturated rings. The first-order valence-electron chi connectivity index (χ1n) is 10.5. The zero-order valence-corrected chi connectivity index (χ0v) is 21.6. The summed E-state index contributed by atoms with van der Waals surface area (Å²) >= 11 is 9.28. The minimum atomic E-state index is -0.121. The van der Waals surface area contributed by atoms with E-state index in [2.05, 4.69) is 28.5 Å². The van der Waals surface area contributed by atoms with Crippen LogP contribution in [0.2, 0.25) is 0 Å². The molecule has 5 nitrogen and oxygen atoms in total. The van der Waals surface area contributed by atoms with Gasteiger partial charge in [-0.05, 0) is 43.7 Å². The lowest BCUT2D eigenvalue weighted by molar-refractivity contribution is -0.123. The van der Waals surface area contributed by atoms with Gasteiger partial charge in [0.05, 0.1) is 0 Å². The van der Waals surface area contributed by atoms with Crippen LogP contribution in [0.15, 0.2) is 84.9 Å². The van der Waals surface area contributed by atoms with Crippen LogP contribution in [0.4, 0.5) is 0 Å². The van der Waals surface area contributed by atoms with Gasteiger partial charge in [-0.1, -0.05) is 66.2 Å². The molecule has 3 rings (SSSR count). The third-order valence-electron chi connectivity index (χ3n) is 3.91. The summed E-state index contributed by atoms with van der Waals surface area (Å²) in [6, 6.07) is 26.7. The number of hydrogen-bond donors (Lipinski definition) is 1. The molecule has 0 aliphatic heterocycles. The Bertz CT molecular complexity index is 905. The molecule has 1 amide bonds. The van der Waals surface area contributed by atoms with Crippen LogP contribution >= 0.6 is 23.2 Å². The van der Waals surface area contributed by atoms with E-state index in [0.29, 0.717) is 12.3 Å². The van der Waals surface area contributed by atoms with Crippen molar-refractivity contribution in [1.82, 2.24) is 5.32 Å². The molecule has 0 saturated heterocycles. The molecule has 0 radical (unpaired) electrons. The van der Waals surface area contributed by atoms with Gasteiger partial charge in [-0.2, -0.15) is 0 Å². The number of alkyl halides is 2. The quantitative estimate of drug-likeness (QED) is 0.378. The molecule has 0 aromatic heterocycles. The fraction of sp³-hybridized carbons (Fsp3) is 0.259. The second-order valence-corrected chi connectivity index (χ2v) is 6.67. The molecule has 1 N–H and O–H groups in total. The van der Waals surface area contributed by atoms with E-state index in [0.717, 1.165) is 11.3 Å². The zero-order valence-electron chi connectivity index (χ0n) is 20.1. The Morgan fingerprint density at radius 3 is 1.59 bits per heavy atom. The van der Waals surface area contributed by atoms with Gasteiger partial charge in [-0.25, -0.2) is 0 Å². The van der Waals surface area contributed by atoms with Crippen LogP contribution < -0.4 is 14.8 Å². The first-order valence-corrected chi connectivity index (χ1v) is 12.0. The molecule has 0 aliphatic rings. The molecule has 0 aliphatic carbocycles. The van der Waals surface area contributed by atoms with Crippen LogP contribution in [0.1, 0.15) is 18.1 Å². The number of aryl methyl sites for hydroxylation is 1. The number of halogens is 2. The van der Waals surface area contributed by atoms with E-state index in [1.807, 2.05) is 91.9 Å². The molecule has 3 aromatic rings. The smallest absolute Gasteiger partial charge is 0.258 e. The number of benzene rings is 3. The maximum atomic E-state index is 11.6. The molecule has 3 aromatic carbocycles. The fourth-order valence-electron chi connectivity index (χ4n) is 2.32. The average molecular weight is 506 g/mol. The highest BCUT2D eigenvalue weighted by molar-refractivity contribution is 6.15. The zero-order chi connectivity index (χ0) is 25.6. The van der Waals surface area contributed by atoms with Crippen LogP contribution in [0.5, 0.6) is 11.5 Å². The van der Waals surface area contributed by atoms with Crippen molar-refractivity contribution in [3.63, 3.8) is 0 Å². The minimum Gasteiger partial charge on any atom is -0.486 e. The van der Waals surface area contributed by atoms with Gasteiger partial charge >= 0.3 is 0 Å². The van der Waals surface area contributed by atoms with Crippen LogP contribution in [0.3, 0.4) is 0 Å². The lowest BCUT2D eigenvalue weighted by Gasteiger charge is -2.07. The summed E-state index contributed by atoms with van der Waals surface area (Å²) in [6.45, 7) is 4.26. The van der Waals surface area contributed by atoms with E-state index in [4.69, 9.17) is 9.47 Å². The topological polar surface area (TPSA) is 64.6 Å². The Labute approximate surface area is 213 Å². The van der Waals surface area contributed by atoms with Crippen molar-refractivity contribution in [2.45, 2.75) is 20.4 Å². The van der Waals surface area contributed by atoms with Crippen molar-refractivity contribution in [1.29, 1.82) is 0 Å². The van der Waals surface area contributed by atoms with Gasteiger partial charge in [0.1, 0.15) is 18.1 Å². The van der Waals surface area contributed by atoms with Crippen molar-refractivity contribution in [3.05, 3.63) is 96.1 Å². The van der Waals surface area contributed by atoms with E-state index in [1.54, 1.807) is 0 Å². The summed E-state index contributed by atoms with van der Waals surface area (Å²) in [4.78, 5) is 22.1. The Morgan fingerprint density at radius 1 is 0.706 bits per heavy atom. The van der Waals surface area contributed by atoms with Crippen molar-refractivity contribution in [2.75, 3.05) is 26.0 Å². The van der Waals surface area contributed by atoms with Crippen LogP contribution in [-0.2, 0) is 16.1 Å². The largest absolute Gasteiger partial charge is 0.486 e. The number of ketones is 1. The summed E-state index contributed by atoms with van der Waals surface area (Å²) in [7, 11) is 0. The lowest BCUT2D eigenvalue weighted by Crippen LogP contribution is -2.28. The maximum Gasteiger partial charge on any atom is 0.258 e.